The molecule has 2 aromatic rings. The van der Waals surface area contributed by atoms with E-state index in [9.17, 15) is 13.2 Å². The Bertz CT molecular complexity index is 859. The predicted molar refractivity (Wildman–Crippen MR) is 104 cm³/mol. The molecule has 0 fully saturated rings. The van der Waals surface area contributed by atoms with Gasteiger partial charge in [0.05, 0.1) is 11.2 Å². The van der Waals surface area contributed by atoms with Crippen molar-refractivity contribution in [3.63, 3.8) is 0 Å². The van der Waals surface area contributed by atoms with Gasteiger partial charge < -0.3 is 20.4 Å². The monoisotopic (exact) mass is 392 g/mol. The quantitative estimate of drug-likeness (QED) is 0.348. The number of sulfone groups is 1. The van der Waals surface area contributed by atoms with E-state index in [1.807, 2.05) is 0 Å². The van der Waals surface area contributed by atoms with Gasteiger partial charge in [-0.25, -0.2) is 8.42 Å². The summed E-state index contributed by atoms with van der Waals surface area (Å²) >= 11 is 0. The summed E-state index contributed by atoms with van der Waals surface area (Å²) in [7, 11) is -1.51. The van der Waals surface area contributed by atoms with Crippen molar-refractivity contribution in [1.82, 2.24) is 16.0 Å². The van der Waals surface area contributed by atoms with E-state index in [0.29, 0.717) is 30.5 Å². The number of hydrogen-bond acceptors (Lipinski definition) is 5. The normalized spacial score (nSPS) is 11.9. The fourth-order valence-corrected chi connectivity index (χ4v) is 2.93. The van der Waals surface area contributed by atoms with E-state index in [1.165, 1.54) is 12.5 Å². The number of hydrogen-bond donors (Lipinski definition) is 3. The summed E-state index contributed by atoms with van der Waals surface area (Å²) in [4.78, 5) is 16.1. The standard InChI is InChI=1S/C18H24N4O4S/c1-19-18(22-12-11-20-17(23)16-4-3-13-26-16)21-10-9-14-5-7-15(8-6-14)27(2,24)25/h3-8,13H,9-12H2,1-2H3,(H,20,23)(H2,19,21,22). The van der Waals surface area contributed by atoms with Gasteiger partial charge in [-0.05, 0) is 36.2 Å². The second-order valence-electron chi connectivity index (χ2n) is 5.83. The largest absolute Gasteiger partial charge is 0.459 e. The lowest BCUT2D eigenvalue weighted by Crippen LogP contribution is -2.42. The van der Waals surface area contributed by atoms with Crippen LogP contribution in [0.2, 0.25) is 0 Å². The van der Waals surface area contributed by atoms with E-state index >= 15 is 0 Å². The van der Waals surface area contributed by atoms with Crippen LogP contribution >= 0.6 is 0 Å². The Morgan fingerprint density at radius 3 is 2.30 bits per heavy atom. The van der Waals surface area contributed by atoms with Crippen LogP contribution in [0.4, 0.5) is 0 Å². The Morgan fingerprint density at radius 2 is 1.70 bits per heavy atom. The molecule has 0 unspecified atom stereocenters. The third-order valence-corrected chi connectivity index (χ3v) is 4.86. The summed E-state index contributed by atoms with van der Waals surface area (Å²) in [6.07, 6.45) is 3.36. The number of carbonyl (C=O) groups excluding carboxylic acids is 1. The highest BCUT2D eigenvalue weighted by Crippen LogP contribution is 2.10. The second kappa shape index (κ2) is 9.77. The molecule has 0 aliphatic carbocycles. The zero-order valence-electron chi connectivity index (χ0n) is 15.4. The predicted octanol–water partition coefficient (Wildman–Crippen LogP) is 0.821. The SMILES string of the molecule is CN=C(NCCNC(=O)c1ccco1)NCCc1ccc(S(C)(=O)=O)cc1. The first kappa shape index (κ1) is 20.5. The van der Waals surface area contributed by atoms with Gasteiger partial charge in [-0.3, -0.25) is 9.79 Å². The van der Waals surface area contributed by atoms with Crippen molar-refractivity contribution in [2.45, 2.75) is 11.3 Å². The molecule has 1 aromatic carbocycles. The first-order chi connectivity index (χ1) is 12.9. The van der Waals surface area contributed by atoms with E-state index in [1.54, 1.807) is 43.4 Å². The summed E-state index contributed by atoms with van der Waals surface area (Å²) in [6, 6.07) is 10.1. The molecule has 0 saturated carbocycles. The maximum atomic E-state index is 11.7. The zero-order chi connectivity index (χ0) is 19.7. The fraction of sp³-hybridized carbons (Fsp3) is 0.333. The van der Waals surface area contributed by atoms with Gasteiger partial charge in [0.15, 0.2) is 21.6 Å². The molecule has 0 aliphatic rings. The fourth-order valence-electron chi connectivity index (χ4n) is 2.30. The highest BCUT2D eigenvalue weighted by Gasteiger charge is 2.07. The number of guanidine groups is 1. The van der Waals surface area contributed by atoms with E-state index in [2.05, 4.69) is 20.9 Å². The lowest BCUT2D eigenvalue weighted by molar-refractivity contribution is 0.0926. The molecular weight excluding hydrogens is 368 g/mol. The average Bonchev–Trinajstić information content (AvgIpc) is 3.18. The van der Waals surface area contributed by atoms with Crippen LogP contribution in [0.3, 0.4) is 0 Å². The molecule has 2 rings (SSSR count). The van der Waals surface area contributed by atoms with Crippen molar-refractivity contribution in [3.05, 3.63) is 54.0 Å². The molecule has 0 saturated heterocycles. The Kier molecular flexibility index (Phi) is 7.42. The third kappa shape index (κ3) is 6.78. The smallest absolute Gasteiger partial charge is 0.287 e. The van der Waals surface area contributed by atoms with E-state index in [-0.39, 0.29) is 11.7 Å². The summed E-state index contributed by atoms with van der Waals surface area (Å²) in [5, 5.41) is 9.00. The number of nitrogens with one attached hydrogen (secondary N) is 3. The van der Waals surface area contributed by atoms with Crippen molar-refractivity contribution in [2.75, 3.05) is 32.9 Å². The van der Waals surface area contributed by atoms with Crippen LogP contribution < -0.4 is 16.0 Å². The Hall–Kier alpha value is -2.81. The third-order valence-electron chi connectivity index (χ3n) is 3.73. The lowest BCUT2D eigenvalue weighted by atomic mass is 10.1. The van der Waals surface area contributed by atoms with Gasteiger partial charge in [0, 0.05) is 32.9 Å². The topological polar surface area (TPSA) is 113 Å². The van der Waals surface area contributed by atoms with Gasteiger partial charge in [-0.1, -0.05) is 12.1 Å². The van der Waals surface area contributed by atoms with Gasteiger partial charge in [-0.2, -0.15) is 0 Å². The van der Waals surface area contributed by atoms with Crippen LogP contribution in [0.5, 0.6) is 0 Å². The molecule has 1 amide bonds. The minimum atomic E-state index is -3.17. The Labute approximate surface area is 159 Å². The molecule has 3 N–H and O–H groups in total. The molecule has 0 spiro atoms. The Balaban J connectivity index is 1.67. The summed E-state index contributed by atoms with van der Waals surface area (Å²) < 4.78 is 27.9. The molecule has 146 valence electrons. The summed E-state index contributed by atoms with van der Waals surface area (Å²) in [5.41, 5.74) is 1.02. The summed E-state index contributed by atoms with van der Waals surface area (Å²) in [5.74, 6) is 0.636. The highest BCUT2D eigenvalue weighted by molar-refractivity contribution is 7.90. The van der Waals surface area contributed by atoms with E-state index in [0.717, 1.165) is 12.0 Å². The number of amides is 1. The molecular formula is C18H24N4O4S. The first-order valence-electron chi connectivity index (χ1n) is 8.45. The van der Waals surface area contributed by atoms with Crippen molar-refractivity contribution in [3.8, 4) is 0 Å². The molecule has 0 atom stereocenters. The van der Waals surface area contributed by atoms with Crippen LogP contribution in [0.15, 0.2) is 57.0 Å². The van der Waals surface area contributed by atoms with Crippen LogP contribution in [-0.4, -0.2) is 53.2 Å². The van der Waals surface area contributed by atoms with Gasteiger partial charge in [0.25, 0.3) is 5.91 Å². The van der Waals surface area contributed by atoms with Crippen LogP contribution in [-0.2, 0) is 16.3 Å². The maximum absolute atomic E-state index is 11.7. The number of furan rings is 1. The van der Waals surface area contributed by atoms with Gasteiger partial charge in [0.2, 0.25) is 0 Å². The second-order valence-corrected chi connectivity index (χ2v) is 7.84. The number of rotatable bonds is 8. The van der Waals surface area contributed by atoms with Crippen molar-refractivity contribution in [1.29, 1.82) is 0 Å². The van der Waals surface area contributed by atoms with E-state index < -0.39 is 9.84 Å². The molecule has 27 heavy (non-hydrogen) atoms. The summed E-state index contributed by atoms with van der Waals surface area (Å²) in [6.45, 7) is 1.57. The van der Waals surface area contributed by atoms with Crippen LogP contribution in [0, 0.1) is 0 Å². The van der Waals surface area contributed by atoms with Crippen molar-refractivity contribution >= 4 is 21.7 Å². The molecule has 0 radical (unpaired) electrons. The number of nitrogens with zero attached hydrogens (tertiary/aromatic N) is 1. The van der Waals surface area contributed by atoms with Gasteiger partial charge in [-0.15, -0.1) is 0 Å². The lowest BCUT2D eigenvalue weighted by Gasteiger charge is -2.12. The van der Waals surface area contributed by atoms with Crippen molar-refractivity contribution < 1.29 is 17.6 Å². The van der Waals surface area contributed by atoms with E-state index in [4.69, 9.17) is 4.42 Å². The molecule has 9 heteroatoms. The van der Waals surface area contributed by atoms with Crippen LogP contribution in [0.25, 0.3) is 0 Å². The number of benzene rings is 1. The zero-order valence-corrected chi connectivity index (χ0v) is 16.2. The molecule has 0 aliphatic heterocycles. The van der Waals surface area contributed by atoms with Gasteiger partial charge >= 0.3 is 0 Å². The average molecular weight is 392 g/mol. The molecule has 1 aromatic heterocycles. The number of carbonyl (C=O) groups is 1. The number of aliphatic imine (C=N–C) groups is 1. The molecule has 8 nitrogen and oxygen atoms in total. The first-order valence-corrected chi connectivity index (χ1v) is 10.3. The Morgan fingerprint density at radius 1 is 1.04 bits per heavy atom. The highest BCUT2D eigenvalue weighted by atomic mass is 32.2. The van der Waals surface area contributed by atoms with Crippen LogP contribution in [0.1, 0.15) is 16.1 Å². The maximum Gasteiger partial charge on any atom is 0.287 e. The molecule has 1 heterocycles. The van der Waals surface area contributed by atoms with Crippen molar-refractivity contribution in [2.24, 2.45) is 4.99 Å². The van der Waals surface area contributed by atoms with Gasteiger partial charge in [0.1, 0.15) is 0 Å². The minimum Gasteiger partial charge on any atom is -0.459 e. The minimum absolute atomic E-state index is 0.262. The molecule has 0 bridgehead atoms.